The Morgan fingerprint density at radius 2 is 2.04 bits per heavy atom. The van der Waals surface area contributed by atoms with Gasteiger partial charge in [-0.1, -0.05) is 12.1 Å². The molecule has 1 heterocycles. The van der Waals surface area contributed by atoms with E-state index in [9.17, 15) is 13.2 Å². The molecular weight excluding hydrogens is 393 g/mol. The average Bonchev–Trinajstić information content (AvgIpc) is 3.02. The van der Waals surface area contributed by atoms with Crippen molar-refractivity contribution in [3.8, 4) is 22.9 Å². The molecule has 0 bridgehead atoms. The number of aromatic amines is 1. The molecule has 0 saturated heterocycles. The first kappa shape index (κ1) is 19.6. The van der Waals surface area contributed by atoms with E-state index in [1.165, 1.54) is 35.2 Å². The van der Waals surface area contributed by atoms with Gasteiger partial charge < -0.3 is 9.47 Å². The van der Waals surface area contributed by atoms with Crippen LogP contribution >= 0.6 is 12.2 Å². The van der Waals surface area contributed by atoms with Crippen molar-refractivity contribution in [2.75, 3.05) is 6.61 Å². The maximum Gasteiger partial charge on any atom is 0.387 e. The summed E-state index contributed by atoms with van der Waals surface area (Å²) in [6, 6.07) is 10.5. The Morgan fingerprint density at radius 1 is 1.25 bits per heavy atom. The van der Waals surface area contributed by atoms with Crippen molar-refractivity contribution in [3.05, 3.63) is 58.6 Å². The fraction of sp³-hybridized carbons (Fsp3) is 0.167. The summed E-state index contributed by atoms with van der Waals surface area (Å²) in [5, 5.41) is 10.8. The lowest BCUT2D eigenvalue weighted by Crippen LogP contribution is -2.05. The van der Waals surface area contributed by atoms with E-state index in [0.717, 1.165) is 0 Å². The van der Waals surface area contributed by atoms with Crippen molar-refractivity contribution >= 4 is 18.4 Å². The molecule has 146 valence electrons. The highest BCUT2D eigenvalue weighted by atomic mass is 32.1. The van der Waals surface area contributed by atoms with E-state index in [1.54, 1.807) is 25.1 Å². The molecule has 3 rings (SSSR count). The highest BCUT2D eigenvalue weighted by Crippen LogP contribution is 2.29. The van der Waals surface area contributed by atoms with Crippen molar-refractivity contribution in [2.24, 2.45) is 5.10 Å². The van der Waals surface area contributed by atoms with Crippen LogP contribution in [0.2, 0.25) is 0 Å². The average molecular weight is 408 g/mol. The molecule has 28 heavy (non-hydrogen) atoms. The van der Waals surface area contributed by atoms with Crippen molar-refractivity contribution in [2.45, 2.75) is 13.5 Å². The quantitative estimate of drug-likeness (QED) is 0.457. The first-order valence-electron chi connectivity index (χ1n) is 8.18. The van der Waals surface area contributed by atoms with Crippen molar-refractivity contribution in [1.82, 2.24) is 14.9 Å². The Balaban J connectivity index is 1.95. The molecule has 1 N–H and O–H groups in total. The van der Waals surface area contributed by atoms with Gasteiger partial charge in [-0.15, -0.1) is 0 Å². The standard InChI is InChI=1S/C18H15F3N4O2S/c1-2-26-15-9-11(7-8-14(15)27-17(20)21)10-22-25-16(23-24-18(25)28)12-5-3-4-6-13(12)19/h3-10,17H,2H2,1H3,(H,24,28)/b22-10-. The van der Waals surface area contributed by atoms with Crippen LogP contribution in [0.25, 0.3) is 11.4 Å². The third kappa shape index (κ3) is 4.39. The van der Waals surface area contributed by atoms with Gasteiger partial charge in [0.2, 0.25) is 4.77 Å². The van der Waals surface area contributed by atoms with Gasteiger partial charge in [-0.25, -0.2) is 9.49 Å². The van der Waals surface area contributed by atoms with Gasteiger partial charge in [0.05, 0.1) is 18.4 Å². The number of alkyl halides is 2. The number of ether oxygens (including phenoxy) is 2. The molecular formula is C18H15F3N4O2S. The Hall–Kier alpha value is -3.14. The van der Waals surface area contributed by atoms with Gasteiger partial charge in [-0.05, 0) is 55.0 Å². The number of benzene rings is 2. The molecule has 0 amide bonds. The van der Waals surface area contributed by atoms with Crippen LogP contribution < -0.4 is 9.47 Å². The topological polar surface area (TPSA) is 64.4 Å². The minimum atomic E-state index is -2.97. The van der Waals surface area contributed by atoms with E-state index in [2.05, 4.69) is 20.0 Å². The third-order valence-electron chi connectivity index (χ3n) is 3.57. The second-order valence-corrected chi connectivity index (χ2v) is 5.79. The number of H-pyrrole nitrogens is 1. The van der Waals surface area contributed by atoms with Gasteiger partial charge in [-0.3, -0.25) is 0 Å². The summed E-state index contributed by atoms with van der Waals surface area (Å²) in [6.45, 7) is -0.977. The first-order valence-corrected chi connectivity index (χ1v) is 8.58. The monoisotopic (exact) mass is 408 g/mol. The Bertz CT molecular complexity index is 1050. The highest BCUT2D eigenvalue weighted by molar-refractivity contribution is 7.71. The predicted molar refractivity (Wildman–Crippen MR) is 100 cm³/mol. The van der Waals surface area contributed by atoms with Crippen LogP contribution in [0.15, 0.2) is 47.6 Å². The lowest BCUT2D eigenvalue weighted by Gasteiger charge is -2.11. The van der Waals surface area contributed by atoms with Gasteiger partial charge in [-0.2, -0.15) is 23.7 Å². The number of halogens is 3. The van der Waals surface area contributed by atoms with E-state index in [1.807, 2.05) is 0 Å². The van der Waals surface area contributed by atoms with Crippen LogP contribution in [0.1, 0.15) is 12.5 Å². The van der Waals surface area contributed by atoms with Crippen molar-refractivity contribution in [3.63, 3.8) is 0 Å². The van der Waals surface area contributed by atoms with Crippen molar-refractivity contribution in [1.29, 1.82) is 0 Å². The molecule has 1 aromatic heterocycles. The van der Waals surface area contributed by atoms with Gasteiger partial charge in [0, 0.05) is 0 Å². The molecule has 0 fully saturated rings. The highest BCUT2D eigenvalue weighted by Gasteiger charge is 2.13. The summed E-state index contributed by atoms with van der Waals surface area (Å²) >= 11 is 5.15. The summed E-state index contributed by atoms with van der Waals surface area (Å²) < 4.78 is 50.3. The number of rotatable bonds is 7. The van der Waals surface area contributed by atoms with E-state index in [-0.39, 0.29) is 34.3 Å². The summed E-state index contributed by atoms with van der Waals surface area (Å²) in [6.07, 6.45) is 1.42. The summed E-state index contributed by atoms with van der Waals surface area (Å²) in [5.74, 6) is -0.208. The van der Waals surface area contributed by atoms with E-state index in [4.69, 9.17) is 17.0 Å². The number of hydrogen-bond acceptors (Lipinski definition) is 5. The second kappa shape index (κ2) is 8.70. The fourth-order valence-corrected chi connectivity index (χ4v) is 2.59. The molecule has 0 unspecified atom stereocenters. The summed E-state index contributed by atoms with van der Waals surface area (Å²) in [4.78, 5) is 0. The Kier molecular flexibility index (Phi) is 6.09. The van der Waals surface area contributed by atoms with Crippen LogP contribution in [0.5, 0.6) is 11.5 Å². The molecule has 10 heteroatoms. The molecule has 3 aromatic rings. The Labute approximate surface area is 163 Å². The number of nitrogens with zero attached hydrogens (tertiary/aromatic N) is 3. The van der Waals surface area contributed by atoms with Gasteiger partial charge in [0.15, 0.2) is 17.3 Å². The zero-order valence-corrected chi connectivity index (χ0v) is 15.4. The maximum absolute atomic E-state index is 14.1. The molecule has 6 nitrogen and oxygen atoms in total. The smallest absolute Gasteiger partial charge is 0.387 e. The van der Waals surface area contributed by atoms with E-state index < -0.39 is 12.4 Å². The Morgan fingerprint density at radius 3 is 2.75 bits per heavy atom. The van der Waals surface area contributed by atoms with Gasteiger partial charge >= 0.3 is 6.61 Å². The number of nitrogens with one attached hydrogen (secondary N) is 1. The van der Waals surface area contributed by atoms with Crippen LogP contribution in [0.4, 0.5) is 13.2 Å². The van der Waals surface area contributed by atoms with Crippen LogP contribution in [-0.4, -0.2) is 34.3 Å². The maximum atomic E-state index is 14.1. The minimum absolute atomic E-state index is 0.0824. The SMILES string of the molecule is CCOc1cc(/C=N\n2c(-c3ccccc3F)n[nH]c2=S)ccc1OC(F)F. The minimum Gasteiger partial charge on any atom is -0.490 e. The second-order valence-electron chi connectivity index (χ2n) is 5.41. The molecule has 2 aromatic carbocycles. The number of aromatic nitrogens is 3. The van der Waals surface area contributed by atoms with E-state index in [0.29, 0.717) is 5.56 Å². The number of hydrogen-bond donors (Lipinski definition) is 1. The van der Waals surface area contributed by atoms with Crippen LogP contribution in [0, 0.1) is 10.6 Å². The lowest BCUT2D eigenvalue weighted by molar-refractivity contribution is -0.0514. The van der Waals surface area contributed by atoms with Gasteiger partial charge in [0.1, 0.15) is 5.82 Å². The predicted octanol–water partition coefficient (Wildman–Crippen LogP) is 4.63. The lowest BCUT2D eigenvalue weighted by atomic mass is 10.2. The first-order chi connectivity index (χ1) is 13.5. The molecule has 0 atom stereocenters. The van der Waals surface area contributed by atoms with E-state index >= 15 is 0 Å². The van der Waals surface area contributed by atoms with Crippen molar-refractivity contribution < 1.29 is 22.6 Å². The summed E-state index contributed by atoms with van der Waals surface area (Å²) in [5.41, 5.74) is 0.760. The normalized spacial score (nSPS) is 11.3. The molecule has 0 spiro atoms. The molecule has 0 saturated carbocycles. The fourth-order valence-electron chi connectivity index (χ4n) is 2.41. The zero-order chi connectivity index (χ0) is 20.1. The molecule has 0 radical (unpaired) electrons. The molecule has 0 aliphatic rings. The zero-order valence-electron chi connectivity index (χ0n) is 14.6. The molecule has 0 aliphatic carbocycles. The molecule has 0 aliphatic heterocycles. The third-order valence-corrected chi connectivity index (χ3v) is 3.84. The van der Waals surface area contributed by atoms with Crippen LogP contribution in [-0.2, 0) is 0 Å². The van der Waals surface area contributed by atoms with Crippen LogP contribution in [0.3, 0.4) is 0 Å². The largest absolute Gasteiger partial charge is 0.490 e. The summed E-state index contributed by atoms with van der Waals surface area (Å²) in [7, 11) is 0. The van der Waals surface area contributed by atoms with Gasteiger partial charge in [0.25, 0.3) is 0 Å².